The number of rotatable bonds is 3. The molecule has 0 saturated heterocycles. The van der Waals surface area contributed by atoms with Crippen molar-refractivity contribution in [3.63, 3.8) is 0 Å². The van der Waals surface area contributed by atoms with Gasteiger partial charge in [-0.15, -0.1) is 0 Å². The number of nitrogens with one attached hydrogen (secondary N) is 1. The summed E-state index contributed by atoms with van der Waals surface area (Å²) < 4.78 is 12.8. The smallest absolute Gasteiger partial charge is 0.270 e. The van der Waals surface area contributed by atoms with Gasteiger partial charge in [0, 0.05) is 6.54 Å². The maximum Gasteiger partial charge on any atom is 0.270 e. The molecule has 1 N–H and O–H groups in total. The van der Waals surface area contributed by atoms with Crippen LogP contribution in [0.3, 0.4) is 0 Å². The molecule has 2 unspecified atom stereocenters. The Morgan fingerprint density at radius 3 is 3.00 bits per heavy atom. The third-order valence-corrected chi connectivity index (χ3v) is 3.51. The second-order valence-electron chi connectivity index (χ2n) is 4.72. The molecular weight excluding hydrogens is 219 g/mol. The van der Waals surface area contributed by atoms with Crippen LogP contribution in [0.4, 0.5) is 4.39 Å². The quantitative estimate of drug-likeness (QED) is 0.819. The van der Waals surface area contributed by atoms with Crippen molar-refractivity contribution in [1.82, 2.24) is 10.3 Å². The molecule has 1 saturated carbocycles. The maximum absolute atomic E-state index is 12.8. The van der Waals surface area contributed by atoms with Crippen LogP contribution in [0.25, 0.3) is 0 Å². The van der Waals surface area contributed by atoms with Crippen LogP contribution in [0.2, 0.25) is 0 Å². The Balaban J connectivity index is 1.89. The zero-order valence-electron chi connectivity index (χ0n) is 9.95. The summed E-state index contributed by atoms with van der Waals surface area (Å²) >= 11 is 0. The van der Waals surface area contributed by atoms with E-state index >= 15 is 0 Å². The lowest BCUT2D eigenvalue weighted by atomic mass is 9.98. The van der Waals surface area contributed by atoms with E-state index in [9.17, 15) is 9.18 Å². The van der Waals surface area contributed by atoms with E-state index in [1.165, 1.54) is 31.0 Å². The Morgan fingerprint density at radius 2 is 2.35 bits per heavy atom. The third-order valence-electron chi connectivity index (χ3n) is 3.51. The van der Waals surface area contributed by atoms with E-state index in [4.69, 9.17) is 0 Å². The summed E-state index contributed by atoms with van der Waals surface area (Å²) in [6.45, 7) is 2.88. The molecule has 1 heterocycles. The van der Waals surface area contributed by atoms with E-state index < -0.39 is 5.95 Å². The molecule has 1 fully saturated rings. The summed E-state index contributed by atoms with van der Waals surface area (Å²) in [6, 6.07) is 4.25. The fourth-order valence-corrected chi connectivity index (χ4v) is 2.37. The molecule has 3 nitrogen and oxygen atoms in total. The zero-order valence-corrected chi connectivity index (χ0v) is 9.95. The molecule has 1 aliphatic rings. The van der Waals surface area contributed by atoms with Crippen LogP contribution in [0.15, 0.2) is 18.2 Å². The van der Waals surface area contributed by atoms with E-state index in [0.717, 1.165) is 6.42 Å². The minimum absolute atomic E-state index is 0.149. The maximum atomic E-state index is 12.8. The molecule has 4 heteroatoms. The minimum Gasteiger partial charge on any atom is -0.350 e. The molecule has 0 radical (unpaired) electrons. The highest BCUT2D eigenvalue weighted by Gasteiger charge is 2.23. The second kappa shape index (κ2) is 5.25. The number of hydrogen-bond acceptors (Lipinski definition) is 2. The zero-order chi connectivity index (χ0) is 12.3. The highest BCUT2D eigenvalue weighted by molar-refractivity contribution is 5.92. The number of carbonyl (C=O) groups is 1. The van der Waals surface area contributed by atoms with Gasteiger partial charge >= 0.3 is 0 Å². The molecule has 0 aliphatic heterocycles. The van der Waals surface area contributed by atoms with Crippen LogP contribution in [-0.4, -0.2) is 17.4 Å². The summed E-state index contributed by atoms with van der Waals surface area (Å²) in [5.41, 5.74) is 0.149. The van der Waals surface area contributed by atoms with Gasteiger partial charge in [0.1, 0.15) is 5.69 Å². The number of aromatic nitrogens is 1. The van der Waals surface area contributed by atoms with E-state index in [2.05, 4.69) is 17.2 Å². The summed E-state index contributed by atoms with van der Waals surface area (Å²) in [4.78, 5) is 15.3. The predicted octanol–water partition coefficient (Wildman–Crippen LogP) is 2.39. The number of pyridine rings is 1. The van der Waals surface area contributed by atoms with Crippen molar-refractivity contribution in [2.45, 2.75) is 26.2 Å². The highest BCUT2D eigenvalue weighted by atomic mass is 19.1. The number of nitrogens with zero attached hydrogens (tertiary/aromatic N) is 1. The van der Waals surface area contributed by atoms with Gasteiger partial charge in [-0.25, -0.2) is 4.98 Å². The lowest BCUT2D eigenvalue weighted by molar-refractivity contribution is 0.0938. The van der Waals surface area contributed by atoms with Crippen molar-refractivity contribution in [2.24, 2.45) is 11.8 Å². The monoisotopic (exact) mass is 236 g/mol. The highest BCUT2D eigenvalue weighted by Crippen LogP contribution is 2.30. The molecule has 0 bridgehead atoms. The van der Waals surface area contributed by atoms with Gasteiger partial charge in [-0.1, -0.05) is 25.8 Å². The second-order valence-corrected chi connectivity index (χ2v) is 4.72. The van der Waals surface area contributed by atoms with Gasteiger partial charge in [0.05, 0.1) is 0 Å². The first-order valence-corrected chi connectivity index (χ1v) is 6.07. The molecule has 1 amide bonds. The molecule has 0 spiro atoms. The molecular formula is C13H17FN2O. The van der Waals surface area contributed by atoms with Crippen molar-refractivity contribution >= 4 is 5.91 Å². The summed E-state index contributed by atoms with van der Waals surface area (Å²) in [5.74, 6) is 0.304. The van der Waals surface area contributed by atoms with Gasteiger partial charge in [0.25, 0.3) is 5.91 Å². The molecule has 0 aromatic carbocycles. The average molecular weight is 236 g/mol. The fraction of sp³-hybridized carbons (Fsp3) is 0.538. The summed E-state index contributed by atoms with van der Waals surface area (Å²) in [7, 11) is 0. The Labute approximate surface area is 100 Å². The molecule has 2 rings (SSSR count). The normalized spacial score (nSPS) is 23.6. The molecule has 92 valence electrons. The van der Waals surface area contributed by atoms with Gasteiger partial charge in [-0.2, -0.15) is 4.39 Å². The molecule has 1 aromatic heterocycles. The predicted molar refractivity (Wildman–Crippen MR) is 63.0 cm³/mol. The first kappa shape index (κ1) is 12.0. The molecule has 1 aromatic rings. The Kier molecular flexibility index (Phi) is 3.71. The third kappa shape index (κ3) is 3.02. The van der Waals surface area contributed by atoms with Crippen molar-refractivity contribution in [2.75, 3.05) is 6.54 Å². The van der Waals surface area contributed by atoms with Crippen LogP contribution < -0.4 is 5.32 Å². The van der Waals surface area contributed by atoms with Crippen LogP contribution in [-0.2, 0) is 0 Å². The van der Waals surface area contributed by atoms with Gasteiger partial charge < -0.3 is 5.32 Å². The van der Waals surface area contributed by atoms with Gasteiger partial charge in [-0.3, -0.25) is 4.79 Å². The SMILES string of the molecule is CC1CCCC1CNC(=O)c1cccc(F)n1. The lowest BCUT2D eigenvalue weighted by Gasteiger charge is -2.15. The van der Waals surface area contributed by atoms with Crippen molar-refractivity contribution in [3.05, 3.63) is 29.8 Å². The van der Waals surface area contributed by atoms with E-state index in [1.54, 1.807) is 0 Å². The largest absolute Gasteiger partial charge is 0.350 e. The topological polar surface area (TPSA) is 42.0 Å². The van der Waals surface area contributed by atoms with E-state index in [-0.39, 0.29) is 11.6 Å². The Morgan fingerprint density at radius 1 is 1.53 bits per heavy atom. The van der Waals surface area contributed by atoms with Gasteiger partial charge in [-0.05, 0) is 30.4 Å². The molecule has 2 atom stereocenters. The molecule has 17 heavy (non-hydrogen) atoms. The van der Waals surface area contributed by atoms with Crippen LogP contribution in [0, 0.1) is 17.8 Å². The number of halogens is 1. The fourth-order valence-electron chi connectivity index (χ4n) is 2.37. The van der Waals surface area contributed by atoms with Gasteiger partial charge in [0.2, 0.25) is 5.95 Å². The first-order chi connectivity index (χ1) is 8.16. The summed E-state index contributed by atoms with van der Waals surface area (Å²) in [5, 5.41) is 2.83. The van der Waals surface area contributed by atoms with Crippen LogP contribution >= 0.6 is 0 Å². The number of carbonyl (C=O) groups excluding carboxylic acids is 1. The molecule has 1 aliphatic carbocycles. The summed E-state index contributed by atoms with van der Waals surface area (Å²) in [6.07, 6.45) is 3.64. The first-order valence-electron chi connectivity index (χ1n) is 6.07. The van der Waals surface area contributed by atoms with Crippen molar-refractivity contribution < 1.29 is 9.18 Å². The standard InChI is InChI=1S/C13H17FN2O/c1-9-4-2-5-10(9)8-15-13(17)11-6-3-7-12(14)16-11/h3,6-7,9-10H,2,4-5,8H2,1H3,(H,15,17). The number of hydrogen-bond donors (Lipinski definition) is 1. The van der Waals surface area contributed by atoms with Crippen molar-refractivity contribution in [1.29, 1.82) is 0 Å². The van der Waals surface area contributed by atoms with Crippen molar-refractivity contribution in [3.8, 4) is 0 Å². The van der Waals surface area contributed by atoms with E-state index in [0.29, 0.717) is 18.4 Å². The average Bonchev–Trinajstić information content (AvgIpc) is 2.72. The Bertz CT molecular complexity index is 408. The minimum atomic E-state index is -0.619. The number of amides is 1. The Hall–Kier alpha value is -1.45. The van der Waals surface area contributed by atoms with E-state index in [1.807, 2.05) is 0 Å². The van der Waals surface area contributed by atoms with Crippen LogP contribution in [0.5, 0.6) is 0 Å². The van der Waals surface area contributed by atoms with Gasteiger partial charge in [0.15, 0.2) is 0 Å². The van der Waals surface area contributed by atoms with Crippen LogP contribution in [0.1, 0.15) is 36.7 Å². The lowest BCUT2D eigenvalue weighted by Crippen LogP contribution is -2.30.